The summed E-state index contributed by atoms with van der Waals surface area (Å²) in [5, 5.41) is 14.6. The molecule has 32 heavy (non-hydrogen) atoms. The Morgan fingerprint density at radius 1 is 0.875 bits per heavy atom. The van der Waals surface area contributed by atoms with Gasteiger partial charge in [0.1, 0.15) is 0 Å². The highest BCUT2D eigenvalue weighted by molar-refractivity contribution is 7.89. The van der Waals surface area contributed by atoms with E-state index in [4.69, 9.17) is 10.2 Å². The van der Waals surface area contributed by atoms with Crippen LogP contribution in [0.25, 0.3) is 16.9 Å². The van der Waals surface area contributed by atoms with Crippen molar-refractivity contribution in [1.29, 1.82) is 0 Å². The average molecular weight is 444 g/mol. The molecule has 0 bridgehead atoms. The standard InChI is InChI=1S/C24H21N5O2S/c25-32(30,31)20-13-11-19(12-14-20)29-16-21(24(28-29)18-9-5-2-6-10-18)23-15-22(26-27-23)17-7-3-1-4-8-17/h1-14,16,23,27H,15H2,(H2,25,30,31). The van der Waals surface area contributed by atoms with Gasteiger partial charge in [-0.15, -0.1) is 0 Å². The SMILES string of the molecule is NS(=O)(=O)c1ccc(-n2cc(C3CC(c4ccccc4)=NN3)c(-c3ccccc3)n2)cc1. The summed E-state index contributed by atoms with van der Waals surface area (Å²) in [5.74, 6) is 0. The van der Waals surface area contributed by atoms with Gasteiger partial charge in [-0.05, 0) is 29.8 Å². The second-order valence-corrected chi connectivity index (χ2v) is 9.15. The number of nitrogens with zero attached hydrogens (tertiary/aromatic N) is 3. The fourth-order valence-corrected chi connectivity index (χ4v) is 4.33. The predicted octanol–water partition coefficient (Wildman–Crippen LogP) is 3.63. The number of primary sulfonamides is 1. The third-order valence-corrected chi connectivity index (χ3v) is 6.38. The molecule has 0 radical (unpaired) electrons. The first-order valence-corrected chi connectivity index (χ1v) is 11.7. The number of aromatic nitrogens is 2. The zero-order valence-corrected chi connectivity index (χ0v) is 17.9. The van der Waals surface area contributed by atoms with E-state index in [9.17, 15) is 8.42 Å². The Labute approximate surface area is 186 Å². The fourth-order valence-electron chi connectivity index (χ4n) is 3.82. The average Bonchev–Trinajstić information content (AvgIpc) is 3.47. The number of hydrogen-bond donors (Lipinski definition) is 2. The lowest BCUT2D eigenvalue weighted by atomic mass is 9.97. The van der Waals surface area contributed by atoms with Crippen LogP contribution in [0.5, 0.6) is 0 Å². The van der Waals surface area contributed by atoms with Crippen LogP contribution >= 0.6 is 0 Å². The smallest absolute Gasteiger partial charge is 0.238 e. The molecule has 160 valence electrons. The molecule has 0 fully saturated rings. The Morgan fingerprint density at radius 3 is 2.12 bits per heavy atom. The molecule has 3 aromatic carbocycles. The minimum absolute atomic E-state index is 0.0298. The van der Waals surface area contributed by atoms with Gasteiger partial charge in [0.05, 0.1) is 28.0 Å². The predicted molar refractivity (Wildman–Crippen MR) is 124 cm³/mol. The minimum atomic E-state index is -3.75. The van der Waals surface area contributed by atoms with Crippen LogP contribution in [-0.2, 0) is 10.0 Å². The zero-order chi connectivity index (χ0) is 22.1. The monoisotopic (exact) mass is 443 g/mol. The Hall–Kier alpha value is -3.75. The largest absolute Gasteiger partial charge is 0.302 e. The van der Waals surface area contributed by atoms with E-state index in [-0.39, 0.29) is 10.9 Å². The highest BCUT2D eigenvalue weighted by atomic mass is 32.2. The van der Waals surface area contributed by atoms with Crippen molar-refractivity contribution in [3.8, 4) is 16.9 Å². The molecular weight excluding hydrogens is 422 g/mol. The van der Waals surface area contributed by atoms with E-state index in [0.717, 1.165) is 40.2 Å². The first kappa shape index (κ1) is 20.2. The zero-order valence-electron chi connectivity index (χ0n) is 17.1. The van der Waals surface area contributed by atoms with Gasteiger partial charge in [0.25, 0.3) is 0 Å². The number of hydrogen-bond acceptors (Lipinski definition) is 5. The molecule has 5 rings (SSSR count). The number of benzene rings is 3. The highest BCUT2D eigenvalue weighted by Crippen LogP contribution is 2.33. The molecule has 4 aromatic rings. The van der Waals surface area contributed by atoms with Crippen LogP contribution < -0.4 is 10.6 Å². The van der Waals surface area contributed by atoms with Gasteiger partial charge in [-0.1, -0.05) is 60.7 Å². The maximum atomic E-state index is 11.6. The second-order valence-electron chi connectivity index (χ2n) is 7.59. The molecule has 0 aliphatic carbocycles. The van der Waals surface area contributed by atoms with E-state index in [1.807, 2.05) is 54.7 Å². The quantitative estimate of drug-likeness (QED) is 0.492. The maximum absolute atomic E-state index is 11.6. The summed E-state index contributed by atoms with van der Waals surface area (Å²) >= 11 is 0. The summed E-state index contributed by atoms with van der Waals surface area (Å²) in [4.78, 5) is 0.0651. The molecule has 0 amide bonds. The molecule has 1 atom stereocenters. The summed E-state index contributed by atoms with van der Waals surface area (Å²) in [7, 11) is -3.75. The number of sulfonamides is 1. The summed E-state index contributed by atoms with van der Waals surface area (Å²) in [6, 6.07) is 26.4. The van der Waals surface area contributed by atoms with Gasteiger partial charge < -0.3 is 5.43 Å². The first-order chi connectivity index (χ1) is 15.5. The number of hydrazone groups is 1. The lowest BCUT2D eigenvalue weighted by Gasteiger charge is -2.10. The Bertz CT molecular complexity index is 1380. The maximum Gasteiger partial charge on any atom is 0.238 e. The van der Waals surface area contributed by atoms with Gasteiger partial charge in [0.15, 0.2) is 0 Å². The van der Waals surface area contributed by atoms with Gasteiger partial charge in [0.2, 0.25) is 10.0 Å². The van der Waals surface area contributed by atoms with Crippen LogP contribution in [0.1, 0.15) is 23.6 Å². The van der Waals surface area contributed by atoms with Gasteiger partial charge in [0, 0.05) is 23.7 Å². The van der Waals surface area contributed by atoms with Gasteiger partial charge in [-0.3, -0.25) is 0 Å². The van der Waals surface area contributed by atoms with E-state index < -0.39 is 10.0 Å². The van der Waals surface area contributed by atoms with Crippen LogP contribution in [0.3, 0.4) is 0 Å². The molecule has 8 heteroatoms. The van der Waals surface area contributed by atoms with Gasteiger partial charge in [-0.2, -0.15) is 10.2 Å². The van der Waals surface area contributed by atoms with Gasteiger partial charge >= 0.3 is 0 Å². The Morgan fingerprint density at radius 2 is 1.50 bits per heavy atom. The second kappa shape index (κ2) is 8.07. The highest BCUT2D eigenvalue weighted by Gasteiger charge is 2.26. The summed E-state index contributed by atoms with van der Waals surface area (Å²) in [6.07, 6.45) is 2.70. The molecular formula is C24H21N5O2S. The molecule has 7 nitrogen and oxygen atoms in total. The fraction of sp³-hybridized carbons (Fsp3) is 0.0833. The van der Waals surface area contributed by atoms with Crippen molar-refractivity contribution in [2.75, 3.05) is 0 Å². The van der Waals surface area contributed by atoms with Crippen molar-refractivity contribution in [3.63, 3.8) is 0 Å². The van der Waals surface area contributed by atoms with E-state index in [2.05, 4.69) is 22.7 Å². The van der Waals surface area contributed by atoms with Crippen LogP contribution in [-0.4, -0.2) is 23.9 Å². The molecule has 0 spiro atoms. The van der Waals surface area contributed by atoms with Crippen molar-refractivity contribution >= 4 is 15.7 Å². The normalized spacial score (nSPS) is 15.9. The molecule has 1 aromatic heterocycles. The lowest BCUT2D eigenvalue weighted by Crippen LogP contribution is -2.12. The van der Waals surface area contributed by atoms with E-state index in [1.54, 1.807) is 16.8 Å². The number of nitrogens with one attached hydrogen (secondary N) is 1. The summed E-state index contributed by atoms with van der Waals surface area (Å²) in [5.41, 5.74) is 8.96. The van der Waals surface area contributed by atoms with Crippen LogP contribution in [0.15, 0.2) is 101 Å². The van der Waals surface area contributed by atoms with Crippen molar-refractivity contribution in [1.82, 2.24) is 15.2 Å². The van der Waals surface area contributed by atoms with Crippen LogP contribution in [0.4, 0.5) is 0 Å². The summed E-state index contributed by atoms with van der Waals surface area (Å²) in [6.45, 7) is 0. The van der Waals surface area contributed by atoms with Crippen molar-refractivity contribution in [2.45, 2.75) is 17.4 Å². The van der Waals surface area contributed by atoms with Crippen molar-refractivity contribution < 1.29 is 8.42 Å². The molecule has 2 heterocycles. The molecule has 1 aliphatic heterocycles. The topological polar surface area (TPSA) is 102 Å². The van der Waals surface area contributed by atoms with Gasteiger partial charge in [-0.25, -0.2) is 18.2 Å². The molecule has 1 aliphatic rings. The molecule has 1 unspecified atom stereocenters. The number of rotatable bonds is 5. The third kappa shape index (κ3) is 3.93. The van der Waals surface area contributed by atoms with Crippen molar-refractivity contribution in [3.05, 3.63) is 102 Å². The van der Waals surface area contributed by atoms with E-state index in [0.29, 0.717) is 0 Å². The van der Waals surface area contributed by atoms with Crippen molar-refractivity contribution in [2.24, 2.45) is 10.2 Å². The van der Waals surface area contributed by atoms with Crippen LogP contribution in [0, 0.1) is 0 Å². The third-order valence-electron chi connectivity index (χ3n) is 5.45. The molecule has 0 saturated carbocycles. The summed E-state index contributed by atoms with van der Waals surface area (Å²) < 4.78 is 24.9. The first-order valence-electron chi connectivity index (χ1n) is 10.1. The minimum Gasteiger partial charge on any atom is -0.302 e. The van der Waals surface area contributed by atoms with E-state index >= 15 is 0 Å². The van der Waals surface area contributed by atoms with E-state index in [1.165, 1.54) is 12.1 Å². The Kier molecular flexibility index (Phi) is 5.08. The van der Waals surface area contributed by atoms with Crippen LogP contribution in [0.2, 0.25) is 0 Å². The Balaban J connectivity index is 1.52. The lowest BCUT2D eigenvalue weighted by molar-refractivity contribution is 0.598. The molecule has 0 saturated heterocycles. The molecule has 3 N–H and O–H groups in total. The number of nitrogens with two attached hydrogens (primary N) is 1.